The van der Waals surface area contributed by atoms with Crippen LogP contribution >= 0.6 is 11.3 Å². The summed E-state index contributed by atoms with van der Waals surface area (Å²) in [5.74, 6) is -0.000711. The molecule has 1 amide bonds. The van der Waals surface area contributed by atoms with Crippen molar-refractivity contribution in [3.8, 4) is 11.3 Å². The lowest BCUT2D eigenvalue weighted by Gasteiger charge is -2.18. The lowest BCUT2D eigenvalue weighted by molar-refractivity contribution is -0.116. The van der Waals surface area contributed by atoms with Gasteiger partial charge in [-0.2, -0.15) is 8.42 Å². The SMILES string of the molecule is Cc1nc(-c2ccc(NC(=O)CN(C)C3=NS(=O)(=O)c4ccccc43)cc2)cs1. The Morgan fingerprint density at radius 3 is 2.55 bits per heavy atom. The van der Waals surface area contributed by atoms with Crippen molar-refractivity contribution in [1.29, 1.82) is 0 Å². The van der Waals surface area contributed by atoms with E-state index in [1.54, 1.807) is 36.6 Å². The number of benzene rings is 2. The number of sulfonamides is 1. The van der Waals surface area contributed by atoms with Crippen molar-refractivity contribution >= 4 is 38.8 Å². The molecule has 1 N–H and O–H groups in total. The van der Waals surface area contributed by atoms with Crippen molar-refractivity contribution in [3.63, 3.8) is 0 Å². The first-order chi connectivity index (χ1) is 13.8. The van der Waals surface area contributed by atoms with Crippen LogP contribution in [-0.4, -0.2) is 43.6 Å². The Kier molecular flexibility index (Phi) is 4.93. The van der Waals surface area contributed by atoms with Crippen molar-refractivity contribution in [1.82, 2.24) is 9.88 Å². The number of likely N-dealkylation sites (N-methyl/N-ethyl adjacent to an activating group) is 1. The number of hydrogen-bond donors (Lipinski definition) is 1. The van der Waals surface area contributed by atoms with Gasteiger partial charge in [0.05, 0.1) is 17.2 Å². The predicted octanol–water partition coefficient (Wildman–Crippen LogP) is 3.14. The molecule has 7 nitrogen and oxygen atoms in total. The Bertz CT molecular complexity index is 1210. The van der Waals surface area contributed by atoms with Gasteiger partial charge in [-0.25, -0.2) is 4.98 Å². The second kappa shape index (κ2) is 7.41. The van der Waals surface area contributed by atoms with Crippen molar-refractivity contribution in [2.45, 2.75) is 11.8 Å². The summed E-state index contributed by atoms with van der Waals surface area (Å²) in [6.45, 7) is 1.92. The van der Waals surface area contributed by atoms with E-state index in [-0.39, 0.29) is 23.2 Å². The molecule has 2 aromatic carbocycles. The summed E-state index contributed by atoms with van der Waals surface area (Å²) < 4.78 is 28.2. The fourth-order valence-corrected chi connectivity index (χ4v) is 4.95. The minimum absolute atomic E-state index is 0.0320. The smallest absolute Gasteiger partial charge is 0.285 e. The molecular formula is C20H18N4O3S2. The molecule has 3 aromatic rings. The normalized spacial score (nSPS) is 14.2. The molecule has 9 heteroatoms. The van der Waals surface area contributed by atoms with Crippen LogP contribution in [0.2, 0.25) is 0 Å². The number of rotatable bonds is 4. The third kappa shape index (κ3) is 3.92. The fourth-order valence-electron chi connectivity index (χ4n) is 3.07. The third-order valence-corrected chi connectivity index (χ3v) is 6.54. The zero-order valence-corrected chi connectivity index (χ0v) is 17.4. The number of aromatic nitrogens is 1. The molecule has 4 rings (SSSR count). The Balaban J connectivity index is 1.44. The zero-order valence-electron chi connectivity index (χ0n) is 15.8. The molecule has 0 fully saturated rings. The van der Waals surface area contributed by atoms with E-state index in [1.807, 2.05) is 36.6 Å². The summed E-state index contributed by atoms with van der Waals surface area (Å²) in [7, 11) is -2.07. The quantitative estimate of drug-likeness (QED) is 0.692. The number of fused-ring (bicyclic) bond motifs is 1. The van der Waals surface area contributed by atoms with Gasteiger partial charge in [-0.05, 0) is 31.2 Å². The van der Waals surface area contributed by atoms with Gasteiger partial charge in [0.1, 0.15) is 4.90 Å². The van der Waals surface area contributed by atoms with E-state index in [9.17, 15) is 13.2 Å². The Morgan fingerprint density at radius 1 is 1.14 bits per heavy atom. The van der Waals surface area contributed by atoms with Gasteiger partial charge in [-0.3, -0.25) is 4.79 Å². The summed E-state index contributed by atoms with van der Waals surface area (Å²) >= 11 is 1.59. The van der Waals surface area contributed by atoms with Crippen LogP contribution < -0.4 is 5.32 Å². The first-order valence-electron chi connectivity index (χ1n) is 8.81. The van der Waals surface area contributed by atoms with Crippen LogP contribution in [-0.2, 0) is 14.8 Å². The predicted molar refractivity (Wildman–Crippen MR) is 114 cm³/mol. The molecule has 1 aliphatic heterocycles. The molecule has 0 radical (unpaired) electrons. The average molecular weight is 427 g/mol. The zero-order chi connectivity index (χ0) is 20.6. The van der Waals surface area contributed by atoms with Crippen molar-refractivity contribution in [2.24, 2.45) is 4.40 Å². The van der Waals surface area contributed by atoms with Gasteiger partial charge in [0.2, 0.25) is 5.91 Å². The number of anilines is 1. The molecule has 29 heavy (non-hydrogen) atoms. The van der Waals surface area contributed by atoms with E-state index < -0.39 is 10.0 Å². The van der Waals surface area contributed by atoms with Crippen LogP contribution in [0.4, 0.5) is 5.69 Å². The maximum Gasteiger partial charge on any atom is 0.285 e. The Hall–Kier alpha value is -3.04. The van der Waals surface area contributed by atoms with Gasteiger partial charge in [0.15, 0.2) is 5.84 Å². The maximum atomic E-state index is 12.4. The molecule has 0 saturated heterocycles. The summed E-state index contributed by atoms with van der Waals surface area (Å²) in [6.07, 6.45) is 0. The van der Waals surface area contributed by atoms with E-state index in [0.29, 0.717) is 11.3 Å². The number of carbonyl (C=O) groups is 1. The number of amides is 1. The van der Waals surface area contributed by atoms with Crippen molar-refractivity contribution < 1.29 is 13.2 Å². The first-order valence-corrected chi connectivity index (χ1v) is 11.1. The molecule has 0 atom stereocenters. The number of nitrogens with zero attached hydrogens (tertiary/aromatic N) is 3. The highest BCUT2D eigenvalue weighted by molar-refractivity contribution is 7.90. The van der Waals surface area contributed by atoms with E-state index in [4.69, 9.17) is 0 Å². The van der Waals surface area contributed by atoms with Crippen LogP contribution in [0.1, 0.15) is 10.6 Å². The fraction of sp³-hybridized carbons (Fsp3) is 0.150. The molecule has 0 spiro atoms. The van der Waals surface area contributed by atoms with Gasteiger partial charge >= 0.3 is 0 Å². The highest BCUT2D eigenvalue weighted by Crippen LogP contribution is 2.27. The molecule has 148 valence electrons. The molecule has 0 unspecified atom stereocenters. The summed E-state index contributed by atoms with van der Waals surface area (Å²) in [5.41, 5.74) is 3.04. The van der Waals surface area contributed by atoms with Gasteiger partial charge in [-0.1, -0.05) is 24.3 Å². The highest BCUT2D eigenvalue weighted by Gasteiger charge is 2.30. The van der Waals surface area contributed by atoms with Crippen LogP contribution in [0.3, 0.4) is 0 Å². The number of carbonyl (C=O) groups excluding carboxylic acids is 1. The van der Waals surface area contributed by atoms with Crippen molar-refractivity contribution in [2.75, 3.05) is 18.9 Å². The molecule has 2 heterocycles. The van der Waals surface area contributed by atoms with E-state index in [1.165, 1.54) is 11.0 Å². The second-order valence-corrected chi connectivity index (χ2v) is 9.25. The number of thiazole rings is 1. The van der Waals surface area contributed by atoms with Crippen LogP contribution in [0.5, 0.6) is 0 Å². The van der Waals surface area contributed by atoms with Gasteiger partial charge < -0.3 is 10.2 Å². The van der Waals surface area contributed by atoms with Gasteiger partial charge in [-0.15, -0.1) is 15.7 Å². The summed E-state index contributed by atoms with van der Waals surface area (Å²) in [4.78, 5) is 18.6. The van der Waals surface area contributed by atoms with E-state index in [0.717, 1.165) is 16.3 Å². The van der Waals surface area contributed by atoms with Gasteiger partial charge in [0.25, 0.3) is 10.0 Å². The number of aryl methyl sites for hydroxylation is 1. The number of hydrogen-bond acceptors (Lipinski definition) is 6. The molecule has 0 bridgehead atoms. The molecule has 1 aliphatic rings. The maximum absolute atomic E-state index is 12.4. The van der Waals surface area contributed by atoms with E-state index in [2.05, 4.69) is 14.7 Å². The average Bonchev–Trinajstić information content (AvgIpc) is 3.24. The molecule has 0 saturated carbocycles. The highest BCUT2D eigenvalue weighted by atomic mass is 32.2. The van der Waals surface area contributed by atoms with Crippen LogP contribution in [0.25, 0.3) is 11.3 Å². The molecular weight excluding hydrogens is 408 g/mol. The summed E-state index contributed by atoms with van der Waals surface area (Å²) in [6, 6.07) is 14.0. The minimum atomic E-state index is -3.71. The Morgan fingerprint density at radius 2 is 1.86 bits per heavy atom. The Labute approximate surface area is 172 Å². The lowest BCUT2D eigenvalue weighted by atomic mass is 10.1. The third-order valence-electron chi connectivity index (χ3n) is 4.44. The van der Waals surface area contributed by atoms with Gasteiger partial charge in [0, 0.05) is 29.2 Å². The molecule has 0 aliphatic carbocycles. The largest absolute Gasteiger partial charge is 0.349 e. The molecule has 1 aromatic heterocycles. The van der Waals surface area contributed by atoms with Crippen molar-refractivity contribution in [3.05, 3.63) is 64.5 Å². The minimum Gasteiger partial charge on any atom is -0.349 e. The van der Waals surface area contributed by atoms with Crippen LogP contribution in [0.15, 0.2) is 63.2 Å². The standard InChI is InChI=1S/C20H18N4O3S2/c1-13-21-17(12-28-13)14-7-9-15(10-8-14)22-19(25)11-24(2)20-16-5-3-4-6-18(16)29(26,27)23-20/h3-10,12H,11H2,1-2H3,(H,22,25). The topological polar surface area (TPSA) is 91.7 Å². The second-order valence-electron chi connectivity index (χ2n) is 6.62. The number of nitrogens with one attached hydrogen (secondary N) is 1. The van der Waals surface area contributed by atoms with Crippen LogP contribution in [0, 0.1) is 6.92 Å². The monoisotopic (exact) mass is 426 g/mol. The summed E-state index contributed by atoms with van der Waals surface area (Å²) in [5, 5.41) is 5.81. The van der Waals surface area contributed by atoms with E-state index >= 15 is 0 Å². The number of amidine groups is 1. The lowest BCUT2D eigenvalue weighted by Crippen LogP contribution is -2.34. The first kappa shape index (κ1) is 19.3.